The molecule has 4 aromatic carbocycles. The van der Waals surface area contributed by atoms with E-state index >= 15 is 0 Å². The van der Waals surface area contributed by atoms with Gasteiger partial charge < -0.3 is 39.9 Å². The average molecular weight is 843 g/mol. The lowest BCUT2D eigenvalue weighted by Crippen LogP contribution is -2.42. The second-order valence-electron chi connectivity index (χ2n) is 15.1. The van der Waals surface area contributed by atoms with Gasteiger partial charge in [-0.25, -0.2) is 28.3 Å². The maximum Gasteiger partial charge on any atom is 0.407 e. The predicted octanol–water partition coefficient (Wildman–Crippen LogP) is 7.93. The summed E-state index contributed by atoms with van der Waals surface area (Å²) in [7, 11) is 2.43. The van der Waals surface area contributed by atoms with Gasteiger partial charge in [0.2, 0.25) is 0 Å². The summed E-state index contributed by atoms with van der Waals surface area (Å²) in [6, 6.07) is 24.0. The second kappa shape index (κ2) is 18.1. The molecule has 14 nitrogen and oxygen atoms in total. The van der Waals surface area contributed by atoms with Crippen LogP contribution in [-0.2, 0) is 19.1 Å². The number of amides is 4. The molecule has 2 aliphatic heterocycles. The number of imidazole rings is 2. The Labute approximate surface area is 355 Å². The summed E-state index contributed by atoms with van der Waals surface area (Å²) in [5.41, 5.74) is 6.05. The SMILES string of the molecule is COC(=O)N[C@H](C(=O)N1CCC[C@H]1c1nc(-c2ccc(-c3ccc(-c4c[nH]c([C@@H]5CCCN5C(=O)[C@@H](NC(=O)OC)c5ccc(F)cc5)n4)cc3)cc2)c[nH]1)c1ccc(F)cc1. The van der Waals surface area contributed by atoms with Gasteiger partial charge in [-0.3, -0.25) is 9.59 Å². The number of nitrogens with zero attached hydrogens (tertiary/aromatic N) is 4. The summed E-state index contributed by atoms with van der Waals surface area (Å²) in [6.45, 7) is 0.931. The number of hydrogen-bond acceptors (Lipinski definition) is 8. The van der Waals surface area contributed by atoms with Crippen molar-refractivity contribution >= 4 is 24.0 Å². The fraction of sp³-hybridized carbons (Fsp3) is 0.261. The van der Waals surface area contributed by atoms with Crippen LogP contribution >= 0.6 is 0 Å². The van der Waals surface area contributed by atoms with Gasteiger partial charge in [-0.05, 0) is 72.2 Å². The molecule has 4 atom stereocenters. The molecule has 4 amide bonds. The lowest BCUT2D eigenvalue weighted by molar-refractivity contribution is -0.135. The number of aromatic amines is 2. The average Bonchev–Trinajstić information content (AvgIpc) is 4.15. The normalized spacial score (nSPS) is 17.0. The van der Waals surface area contributed by atoms with E-state index in [1.807, 2.05) is 60.9 Å². The summed E-state index contributed by atoms with van der Waals surface area (Å²) in [6.07, 6.45) is 4.92. The van der Waals surface area contributed by atoms with Gasteiger partial charge in [0, 0.05) is 36.6 Å². The molecule has 8 rings (SSSR count). The van der Waals surface area contributed by atoms with Crippen LogP contribution in [0.1, 0.15) is 72.6 Å². The minimum Gasteiger partial charge on any atom is -0.453 e. The maximum absolute atomic E-state index is 13.9. The van der Waals surface area contributed by atoms with Crippen molar-refractivity contribution in [3.8, 4) is 33.6 Å². The molecule has 2 saturated heterocycles. The van der Waals surface area contributed by atoms with Crippen molar-refractivity contribution in [2.45, 2.75) is 49.9 Å². The minimum atomic E-state index is -1.06. The van der Waals surface area contributed by atoms with E-state index in [2.05, 4.69) is 20.6 Å². The van der Waals surface area contributed by atoms with E-state index in [1.54, 1.807) is 9.80 Å². The van der Waals surface area contributed by atoms with E-state index < -0.39 is 35.9 Å². The molecular weight excluding hydrogens is 799 g/mol. The van der Waals surface area contributed by atoms with Gasteiger partial charge in [0.25, 0.3) is 11.8 Å². The molecule has 62 heavy (non-hydrogen) atoms. The highest BCUT2D eigenvalue weighted by molar-refractivity contribution is 5.88. The Kier molecular flexibility index (Phi) is 12.1. The smallest absolute Gasteiger partial charge is 0.407 e. The first-order valence-corrected chi connectivity index (χ1v) is 20.2. The first kappa shape index (κ1) is 41.4. The van der Waals surface area contributed by atoms with Gasteiger partial charge in [-0.1, -0.05) is 72.8 Å². The van der Waals surface area contributed by atoms with Crippen LogP contribution in [0.25, 0.3) is 33.6 Å². The number of ether oxygens (including phenoxy) is 2. The first-order valence-electron chi connectivity index (χ1n) is 20.2. The molecule has 4 heterocycles. The molecule has 6 aromatic rings. The molecule has 0 aliphatic carbocycles. The third-order valence-electron chi connectivity index (χ3n) is 11.4. The summed E-state index contributed by atoms with van der Waals surface area (Å²) >= 11 is 0. The summed E-state index contributed by atoms with van der Waals surface area (Å²) < 4.78 is 36.9. The largest absolute Gasteiger partial charge is 0.453 e. The number of halogens is 2. The Bertz CT molecular complexity index is 2370. The molecule has 2 aromatic heterocycles. The van der Waals surface area contributed by atoms with Crippen molar-refractivity contribution in [2.75, 3.05) is 27.3 Å². The second-order valence-corrected chi connectivity index (χ2v) is 15.1. The number of carbonyl (C=O) groups excluding carboxylic acids is 4. The molecule has 0 saturated carbocycles. The number of benzene rings is 4. The molecule has 2 fully saturated rings. The number of H-pyrrole nitrogens is 2. The molecule has 0 bridgehead atoms. The zero-order valence-electron chi connectivity index (χ0n) is 33.9. The molecule has 4 N–H and O–H groups in total. The van der Waals surface area contributed by atoms with Crippen molar-refractivity contribution in [3.63, 3.8) is 0 Å². The van der Waals surface area contributed by atoms with E-state index in [1.165, 1.54) is 62.8 Å². The number of hydrogen-bond donors (Lipinski definition) is 4. The van der Waals surface area contributed by atoms with E-state index in [-0.39, 0.29) is 23.9 Å². The van der Waals surface area contributed by atoms with Crippen LogP contribution in [0, 0.1) is 11.6 Å². The van der Waals surface area contributed by atoms with Crippen LogP contribution in [-0.4, -0.2) is 81.0 Å². The standard InChI is InChI=1S/C46H44F2N8O6/c1-61-45(59)53-39(31-15-19-33(47)20-16-31)43(57)55-23-3-5-37(55)41-49-25-35(51-41)29-11-7-27(8-12-29)28-9-13-30(14-10-28)36-26-50-42(52-36)38-6-4-24-56(38)44(58)40(54-46(60)62-2)32-17-21-34(48)22-18-32/h7-22,25-26,37-40H,3-6,23-24H2,1-2H3,(H,49,51)(H,50,52)(H,53,59)(H,54,60)/t37-,38-,39-,40-/m0/s1. The van der Waals surface area contributed by atoms with Crippen LogP contribution < -0.4 is 10.6 Å². The Balaban J connectivity index is 0.929. The third kappa shape index (κ3) is 8.75. The Morgan fingerprint density at radius 2 is 0.935 bits per heavy atom. The fourth-order valence-corrected chi connectivity index (χ4v) is 8.18. The number of rotatable bonds is 11. The third-order valence-corrected chi connectivity index (χ3v) is 11.4. The molecular formula is C46H44F2N8O6. The van der Waals surface area contributed by atoms with Crippen molar-refractivity contribution < 1.29 is 37.4 Å². The lowest BCUT2D eigenvalue weighted by atomic mass is 10.0. The van der Waals surface area contributed by atoms with Gasteiger partial charge in [-0.2, -0.15) is 0 Å². The highest BCUT2D eigenvalue weighted by atomic mass is 19.1. The Morgan fingerprint density at radius 1 is 0.581 bits per heavy atom. The molecule has 2 aliphatic rings. The highest BCUT2D eigenvalue weighted by Crippen LogP contribution is 2.36. The van der Waals surface area contributed by atoms with Crippen LogP contribution in [0.2, 0.25) is 0 Å². The molecule has 16 heteroatoms. The number of carbonyl (C=O) groups is 4. The summed E-state index contributed by atoms with van der Waals surface area (Å²) in [4.78, 5) is 71.8. The number of aromatic nitrogens is 4. The van der Waals surface area contributed by atoms with Crippen LogP contribution in [0.4, 0.5) is 18.4 Å². The molecule has 0 spiro atoms. The maximum atomic E-state index is 13.9. The Morgan fingerprint density at radius 3 is 1.29 bits per heavy atom. The van der Waals surface area contributed by atoms with Gasteiger partial charge in [0.05, 0.1) is 37.7 Å². The predicted molar refractivity (Wildman–Crippen MR) is 224 cm³/mol. The van der Waals surface area contributed by atoms with Crippen molar-refractivity contribution in [1.29, 1.82) is 0 Å². The van der Waals surface area contributed by atoms with Crippen molar-refractivity contribution in [3.05, 3.63) is 144 Å². The first-order chi connectivity index (χ1) is 30.1. The van der Waals surface area contributed by atoms with E-state index in [9.17, 15) is 28.0 Å². The zero-order valence-corrected chi connectivity index (χ0v) is 33.9. The van der Waals surface area contributed by atoms with Gasteiger partial charge in [0.1, 0.15) is 35.4 Å². The summed E-state index contributed by atoms with van der Waals surface area (Å²) in [5.74, 6) is -0.348. The van der Waals surface area contributed by atoms with Crippen LogP contribution in [0.3, 0.4) is 0 Å². The highest BCUT2D eigenvalue weighted by Gasteiger charge is 2.38. The van der Waals surface area contributed by atoms with Crippen LogP contribution in [0.5, 0.6) is 0 Å². The quantitative estimate of drug-likeness (QED) is 0.102. The monoisotopic (exact) mass is 842 g/mol. The number of nitrogens with one attached hydrogen (secondary N) is 4. The van der Waals surface area contributed by atoms with E-state index in [0.29, 0.717) is 60.1 Å². The summed E-state index contributed by atoms with van der Waals surface area (Å²) in [5, 5.41) is 5.20. The lowest BCUT2D eigenvalue weighted by Gasteiger charge is -2.28. The number of likely N-dealkylation sites (tertiary alicyclic amines) is 2. The number of alkyl carbamates (subject to hydrolysis) is 2. The molecule has 318 valence electrons. The van der Waals surface area contributed by atoms with Gasteiger partial charge >= 0.3 is 12.2 Å². The Hall–Kier alpha value is -7.36. The van der Waals surface area contributed by atoms with E-state index in [4.69, 9.17) is 19.4 Å². The zero-order chi connectivity index (χ0) is 43.3. The topological polar surface area (TPSA) is 175 Å². The van der Waals surface area contributed by atoms with Gasteiger partial charge in [-0.15, -0.1) is 0 Å². The van der Waals surface area contributed by atoms with E-state index in [0.717, 1.165) is 35.1 Å². The minimum absolute atomic E-state index is 0.345. The van der Waals surface area contributed by atoms with Crippen molar-refractivity contribution in [1.82, 2.24) is 40.4 Å². The molecule has 0 unspecified atom stereocenters. The van der Waals surface area contributed by atoms with Crippen LogP contribution in [0.15, 0.2) is 109 Å². The van der Waals surface area contributed by atoms with Gasteiger partial charge in [0.15, 0.2) is 0 Å². The van der Waals surface area contributed by atoms with Crippen molar-refractivity contribution in [2.24, 2.45) is 0 Å². The molecule has 0 radical (unpaired) electrons. The number of methoxy groups -OCH3 is 2. The fourth-order valence-electron chi connectivity index (χ4n) is 8.18.